The third kappa shape index (κ3) is 4.86. The molecule has 0 N–H and O–H groups in total. The van der Waals surface area contributed by atoms with E-state index in [1.165, 1.54) is 61.9 Å². The number of nitrogens with zero attached hydrogens (tertiary/aromatic N) is 3. The van der Waals surface area contributed by atoms with Gasteiger partial charge in [0.15, 0.2) is 0 Å². The highest BCUT2D eigenvalue weighted by atomic mass is 35.5. The van der Waals surface area contributed by atoms with E-state index in [1.807, 2.05) is 36.4 Å². The highest BCUT2D eigenvalue weighted by Crippen LogP contribution is 2.41. The normalized spacial score (nSPS) is 17.3. The van der Waals surface area contributed by atoms with Gasteiger partial charge in [-0.1, -0.05) is 43.0 Å². The van der Waals surface area contributed by atoms with E-state index in [4.69, 9.17) is 26.7 Å². The molecule has 1 fully saturated rings. The predicted molar refractivity (Wildman–Crippen MR) is 130 cm³/mol. The monoisotopic (exact) mass is 459 g/mol. The first-order valence-corrected chi connectivity index (χ1v) is 12.6. The van der Waals surface area contributed by atoms with Crippen LogP contribution in [0.2, 0.25) is 5.02 Å². The van der Waals surface area contributed by atoms with Gasteiger partial charge in [0, 0.05) is 5.02 Å². The fraction of sp³-hybridized carbons (Fsp3) is 0.429. The lowest BCUT2D eigenvalue weighted by Crippen LogP contribution is -2.23. The lowest BCUT2D eigenvalue weighted by Gasteiger charge is -2.32. The molecule has 5 heteroatoms. The van der Waals surface area contributed by atoms with E-state index in [1.54, 1.807) is 0 Å². The number of benzene rings is 2. The minimum absolute atomic E-state index is 0.00553. The molecule has 2 aliphatic carbocycles. The van der Waals surface area contributed by atoms with E-state index >= 15 is 0 Å². The summed E-state index contributed by atoms with van der Waals surface area (Å²) < 4.78 is 8.91. The van der Waals surface area contributed by atoms with Crippen molar-refractivity contribution in [3.8, 4) is 11.8 Å². The Hall–Kier alpha value is -2.61. The van der Waals surface area contributed by atoms with Crippen LogP contribution in [0.3, 0.4) is 0 Å². The zero-order chi connectivity index (χ0) is 22.6. The highest BCUT2D eigenvalue weighted by Gasteiger charge is 2.33. The van der Waals surface area contributed by atoms with Crippen LogP contribution in [0.15, 0.2) is 48.5 Å². The largest absolute Gasteiger partial charge is 0.367 e. The van der Waals surface area contributed by atoms with E-state index in [2.05, 4.69) is 22.9 Å². The third-order valence-corrected chi connectivity index (χ3v) is 7.38. The maximum absolute atomic E-state index is 9.11. The summed E-state index contributed by atoms with van der Waals surface area (Å²) in [7, 11) is 0. The van der Waals surface area contributed by atoms with E-state index in [9.17, 15) is 0 Å². The van der Waals surface area contributed by atoms with Crippen LogP contribution in [0.25, 0.3) is 5.69 Å². The number of rotatable bonds is 6. The van der Waals surface area contributed by atoms with Gasteiger partial charge in [0.2, 0.25) is 0 Å². The van der Waals surface area contributed by atoms with Crippen LogP contribution in [0.1, 0.15) is 79.1 Å². The molecule has 3 aromatic rings. The quantitative estimate of drug-likeness (QED) is 0.394. The summed E-state index contributed by atoms with van der Waals surface area (Å²) in [6, 6.07) is 17.9. The average molecular weight is 460 g/mol. The third-order valence-electron chi connectivity index (χ3n) is 7.13. The van der Waals surface area contributed by atoms with Crippen molar-refractivity contribution in [3.05, 3.63) is 81.6 Å². The van der Waals surface area contributed by atoms with E-state index < -0.39 is 0 Å². The van der Waals surface area contributed by atoms with Crippen molar-refractivity contribution in [2.24, 2.45) is 5.92 Å². The zero-order valence-electron chi connectivity index (χ0n) is 19.0. The smallest absolute Gasteiger partial charge is 0.103 e. The van der Waals surface area contributed by atoms with Crippen molar-refractivity contribution < 1.29 is 4.74 Å². The summed E-state index contributed by atoms with van der Waals surface area (Å²) in [6.07, 6.45) is 10.7. The summed E-state index contributed by atoms with van der Waals surface area (Å²) in [6.45, 7) is 0.535. The summed E-state index contributed by atoms with van der Waals surface area (Å²) in [5.41, 5.74) is 6.69. The van der Waals surface area contributed by atoms with Gasteiger partial charge in [-0.3, -0.25) is 0 Å². The van der Waals surface area contributed by atoms with Gasteiger partial charge < -0.3 is 4.74 Å². The van der Waals surface area contributed by atoms with Gasteiger partial charge in [0.05, 0.1) is 35.3 Å². The molecular formula is C28H30ClN3O. The molecular weight excluding hydrogens is 430 g/mol. The summed E-state index contributed by atoms with van der Waals surface area (Å²) >= 11 is 6.19. The minimum Gasteiger partial charge on any atom is -0.367 e. The molecule has 1 atom stereocenters. The van der Waals surface area contributed by atoms with Gasteiger partial charge in [-0.05, 0) is 92.0 Å². The number of hydrogen-bond acceptors (Lipinski definition) is 3. The molecule has 0 saturated heterocycles. The van der Waals surface area contributed by atoms with Crippen molar-refractivity contribution in [1.82, 2.24) is 9.78 Å². The Morgan fingerprint density at radius 2 is 1.70 bits per heavy atom. The molecule has 0 amide bonds. The second-order valence-corrected chi connectivity index (χ2v) is 9.78. The predicted octanol–water partition coefficient (Wildman–Crippen LogP) is 7.11. The van der Waals surface area contributed by atoms with Crippen LogP contribution >= 0.6 is 11.6 Å². The topological polar surface area (TPSA) is 50.8 Å². The molecule has 1 aromatic heterocycles. The number of aryl methyl sites for hydroxylation is 1. The molecule has 0 bridgehead atoms. The van der Waals surface area contributed by atoms with Gasteiger partial charge in [-0.2, -0.15) is 10.4 Å². The summed E-state index contributed by atoms with van der Waals surface area (Å²) in [4.78, 5) is 0. The van der Waals surface area contributed by atoms with Gasteiger partial charge >= 0.3 is 0 Å². The maximum Gasteiger partial charge on any atom is 0.103 e. The Kier molecular flexibility index (Phi) is 6.80. The maximum atomic E-state index is 9.11. The Labute approximate surface area is 201 Å². The molecule has 33 heavy (non-hydrogen) atoms. The average Bonchev–Trinajstić information content (AvgIpc) is 3.25. The number of aromatic nitrogens is 2. The number of nitriles is 1. The molecule has 2 aliphatic rings. The molecule has 0 aliphatic heterocycles. The van der Waals surface area contributed by atoms with E-state index in [0.717, 1.165) is 29.1 Å². The fourth-order valence-corrected chi connectivity index (χ4v) is 5.51. The fourth-order valence-electron chi connectivity index (χ4n) is 5.39. The molecule has 170 valence electrons. The van der Waals surface area contributed by atoms with Crippen molar-refractivity contribution in [3.63, 3.8) is 0 Å². The number of hydrogen-bond donors (Lipinski definition) is 0. The number of ether oxygens (including phenoxy) is 1. The van der Waals surface area contributed by atoms with Crippen LogP contribution in [-0.2, 0) is 24.2 Å². The summed E-state index contributed by atoms with van der Waals surface area (Å²) in [5.74, 6) is 0.492. The minimum atomic E-state index is 0.00553. The Morgan fingerprint density at radius 1 is 0.970 bits per heavy atom. The number of fused-ring (bicyclic) bond motifs is 1. The standard InChI is InChI=1S/C28H30ClN3O/c29-23-14-16-24(17-15-23)32-27(25-8-4-5-9-26(25)31-32)28(22-6-2-1-3-7-22)33-19-21-12-10-20(18-30)11-13-21/h10-17,22,28H,1-9,19H2. The SMILES string of the molecule is N#Cc1ccc(COC(c2c3c(nn2-c2ccc(Cl)cc2)CCCC3)C2CCCCC2)cc1. The molecule has 1 saturated carbocycles. The zero-order valence-corrected chi connectivity index (χ0v) is 19.7. The van der Waals surface area contributed by atoms with Crippen LogP contribution < -0.4 is 0 Å². The first-order chi connectivity index (χ1) is 16.2. The van der Waals surface area contributed by atoms with Gasteiger partial charge in [-0.15, -0.1) is 0 Å². The van der Waals surface area contributed by atoms with Crippen LogP contribution in [0.5, 0.6) is 0 Å². The molecule has 0 spiro atoms. The van der Waals surface area contributed by atoms with Crippen molar-refractivity contribution in [2.75, 3.05) is 0 Å². The Bertz CT molecular complexity index is 1120. The molecule has 1 unspecified atom stereocenters. The van der Waals surface area contributed by atoms with Gasteiger partial charge in [0.25, 0.3) is 0 Å². The second kappa shape index (κ2) is 10.1. The lowest BCUT2D eigenvalue weighted by atomic mass is 9.82. The van der Waals surface area contributed by atoms with Crippen LogP contribution in [0, 0.1) is 17.2 Å². The number of halogens is 1. The Balaban J connectivity index is 1.53. The lowest BCUT2D eigenvalue weighted by molar-refractivity contribution is -0.0169. The van der Waals surface area contributed by atoms with Crippen molar-refractivity contribution >= 4 is 11.6 Å². The van der Waals surface area contributed by atoms with Crippen LogP contribution in [0.4, 0.5) is 0 Å². The molecule has 4 nitrogen and oxygen atoms in total. The first kappa shape index (κ1) is 22.2. The van der Waals surface area contributed by atoms with Gasteiger partial charge in [0.1, 0.15) is 6.10 Å². The van der Waals surface area contributed by atoms with E-state index in [0.29, 0.717) is 18.1 Å². The second-order valence-electron chi connectivity index (χ2n) is 9.34. The molecule has 5 rings (SSSR count). The molecule has 2 aromatic carbocycles. The van der Waals surface area contributed by atoms with Crippen LogP contribution in [-0.4, -0.2) is 9.78 Å². The molecule has 0 radical (unpaired) electrons. The van der Waals surface area contributed by atoms with Crippen molar-refractivity contribution in [2.45, 2.75) is 70.5 Å². The van der Waals surface area contributed by atoms with Gasteiger partial charge in [-0.25, -0.2) is 4.68 Å². The summed E-state index contributed by atoms with van der Waals surface area (Å²) in [5, 5.41) is 14.9. The van der Waals surface area contributed by atoms with Crippen molar-refractivity contribution in [1.29, 1.82) is 5.26 Å². The highest BCUT2D eigenvalue weighted by molar-refractivity contribution is 6.30. The Morgan fingerprint density at radius 3 is 2.42 bits per heavy atom. The van der Waals surface area contributed by atoms with E-state index in [-0.39, 0.29) is 6.10 Å². The first-order valence-electron chi connectivity index (χ1n) is 12.2. The molecule has 1 heterocycles.